The maximum absolute atomic E-state index is 13.8. The van der Waals surface area contributed by atoms with Gasteiger partial charge in [0.05, 0.1) is 6.61 Å². The highest BCUT2D eigenvalue weighted by Gasteiger charge is 2.10. The molecule has 0 atom stereocenters. The Morgan fingerprint density at radius 1 is 1.47 bits per heavy atom. The monoisotopic (exact) mass is 266 g/mol. The number of allylic oxidation sites excluding steroid dienone is 1. The van der Waals surface area contributed by atoms with Crippen molar-refractivity contribution in [1.29, 1.82) is 0 Å². The summed E-state index contributed by atoms with van der Waals surface area (Å²) in [6.07, 6.45) is 1.72. The highest BCUT2D eigenvalue weighted by atomic mass is 19.1. The van der Waals surface area contributed by atoms with Crippen LogP contribution in [0, 0.1) is 11.7 Å². The normalized spacial score (nSPS) is 11.7. The van der Waals surface area contributed by atoms with E-state index in [9.17, 15) is 9.18 Å². The van der Waals surface area contributed by atoms with Crippen LogP contribution in [0.15, 0.2) is 24.3 Å². The van der Waals surface area contributed by atoms with Gasteiger partial charge < -0.3 is 9.84 Å². The molecule has 0 bridgehead atoms. The summed E-state index contributed by atoms with van der Waals surface area (Å²) < 4.78 is 18.9. The fourth-order valence-corrected chi connectivity index (χ4v) is 1.82. The fraction of sp³-hybridized carbons (Fsp3) is 0.400. The second-order valence-corrected chi connectivity index (χ2v) is 4.68. The molecule has 1 rings (SSSR count). The van der Waals surface area contributed by atoms with E-state index in [0.29, 0.717) is 30.1 Å². The average Bonchev–Trinajstić information content (AvgIpc) is 2.30. The summed E-state index contributed by atoms with van der Waals surface area (Å²) in [4.78, 5) is 10.8. The number of ether oxygens (including phenoxy) is 1. The number of benzene rings is 1. The van der Waals surface area contributed by atoms with E-state index in [4.69, 9.17) is 9.84 Å². The quantitative estimate of drug-likeness (QED) is 0.798. The maximum atomic E-state index is 13.8. The Hall–Kier alpha value is -1.84. The van der Waals surface area contributed by atoms with Gasteiger partial charge in [-0.05, 0) is 42.5 Å². The third-order valence-corrected chi connectivity index (χ3v) is 2.53. The molecule has 0 amide bonds. The molecule has 104 valence electrons. The van der Waals surface area contributed by atoms with Crippen molar-refractivity contribution in [3.8, 4) is 5.75 Å². The number of carboxylic acids is 1. The molecule has 0 radical (unpaired) electrons. The molecule has 3 nitrogen and oxygen atoms in total. The topological polar surface area (TPSA) is 46.5 Å². The van der Waals surface area contributed by atoms with Gasteiger partial charge in [0.1, 0.15) is 0 Å². The van der Waals surface area contributed by atoms with E-state index >= 15 is 0 Å². The van der Waals surface area contributed by atoms with Crippen LogP contribution in [0.25, 0.3) is 5.57 Å². The van der Waals surface area contributed by atoms with E-state index in [2.05, 4.69) is 0 Å². The van der Waals surface area contributed by atoms with Crippen molar-refractivity contribution in [3.63, 3.8) is 0 Å². The van der Waals surface area contributed by atoms with Gasteiger partial charge in [-0.15, -0.1) is 0 Å². The van der Waals surface area contributed by atoms with Gasteiger partial charge >= 0.3 is 5.97 Å². The molecule has 4 heteroatoms. The predicted octanol–water partition coefficient (Wildman–Crippen LogP) is 3.74. The fourth-order valence-electron chi connectivity index (χ4n) is 1.82. The number of rotatable bonds is 6. The van der Waals surface area contributed by atoms with Crippen molar-refractivity contribution in [2.45, 2.75) is 27.2 Å². The lowest BCUT2D eigenvalue weighted by atomic mass is 9.96. The summed E-state index contributed by atoms with van der Waals surface area (Å²) in [5.41, 5.74) is 1.20. The number of halogens is 1. The zero-order valence-electron chi connectivity index (χ0n) is 11.4. The molecular weight excluding hydrogens is 247 g/mol. The molecule has 1 N–H and O–H groups in total. The van der Waals surface area contributed by atoms with Crippen LogP contribution in [-0.4, -0.2) is 17.7 Å². The Kier molecular flexibility index (Phi) is 5.55. The Bertz CT molecular complexity index is 478. The molecule has 0 heterocycles. The Morgan fingerprint density at radius 3 is 2.63 bits per heavy atom. The lowest BCUT2D eigenvalue weighted by Gasteiger charge is -2.12. The standard InChI is InChI=1S/C15H19FO3/c1-4-19-14-6-5-11(8-13(14)16)12(7-10(2)3)9-15(17)18/h5-6,8-10H,4,7H2,1-3H3,(H,17,18)/b12-9+. The summed E-state index contributed by atoms with van der Waals surface area (Å²) in [5.74, 6) is -1.02. The molecule has 19 heavy (non-hydrogen) atoms. The molecule has 0 fully saturated rings. The van der Waals surface area contributed by atoms with Crippen LogP contribution in [0.5, 0.6) is 5.75 Å². The van der Waals surface area contributed by atoms with E-state index in [0.717, 1.165) is 6.08 Å². The van der Waals surface area contributed by atoms with Crippen LogP contribution in [0.2, 0.25) is 0 Å². The zero-order chi connectivity index (χ0) is 14.4. The maximum Gasteiger partial charge on any atom is 0.328 e. The Labute approximate surface area is 112 Å². The van der Waals surface area contributed by atoms with Gasteiger partial charge in [0.2, 0.25) is 0 Å². The van der Waals surface area contributed by atoms with Gasteiger partial charge in [-0.3, -0.25) is 0 Å². The van der Waals surface area contributed by atoms with Gasteiger partial charge in [-0.2, -0.15) is 0 Å². The van der Waals surface area contributed by atoms with E-state index < -0.39 is 11.8 Å². The second-order valence-electron chi connectivity index (χ2n) is 4.68. The van der Waals surface area contributed by atoms with Crippen LogP contribution in [-0.2, 0) is 4.79 Å². The second kappa shape index (κ2) is 6.92. The lowest BCUT2D eigenvalue weighted by Crippen LogP contribution is -1.99. The van der Waals surface area contributed by atoms with Gasteiger partial charge in [-0.1, -0.05) is 19.9 Å². The molecule has 1 aromatic carbocycles. The van der Waals surface area contributed by atoms with Crippen molar-refractivity contribution < 1.29 is 19.0 Å². The SMILES string of the molecule is CCOc1ccc(/C(=C/C(=O)O)CC(C)C)cc1F. The highest BCUT2D eigenvalue weighted by Crippen LogP contribution is 2.27. The molecule has 0 aliphatic carbocycles. The van der Waals surface area contributed by atoms with Crippen LogP contribution in [0.1, 0.15) is 32.8 Å². The van der Waals surface area contributed by atoms with Crippen LogP contribution < -0.4 is 4.74 Å². The number of carbonyl (C=O) groups is 1. The molecule has 0 spiro atoms. The first-order valence-electron chi connectivity index (χ1n) is 6.30. The number of hydrogen-bond donors (Lipinski definition) is 1. The number of aliphatic carboxylic acids is 1. The van der Waals surface area contributed by atoms with Gasteiger partial charge in [0.25, 0.3) is 0 Å². The molecule has 0 saturated carbocycles. The van der Waals surface area contributed by atoms with E-state index in [1.54, 1.807) is 13.0 Å². The van der Waals surface area contributed by atoms with Crippen molar-refractivity contribution >= 4 is 11.5 Å². The number of hydrogen-bond acceptors (Lipinski definition) is 2. The van der Waals surface area contributed by atoms with Crippen LogP contribution in [0.3, 0.4) is 0 Å². The summed E-state index contributed by atoms with van der Waals surface area (Å²) in [7, 11) is 0. The Balaban J connectivity index is 3.10. The van der Waals surface area contributed by atoms with Gasteiger partial charge in [0, 0.05) is 6.08 Å². The lowest BCUT2D eigenvalue weighted by molar-refractivity contribution is -0.131. The summed E-state index contributed by atoms with van der Waals surface area (Å²) >= 11 is 0. The first-order chi connectivity index (χ1) is 8.93. The Morgan fingerprint density at radius 2 is 2.16 bits per heavy atom. The van der Waals surface area contributed by atoms with E-state index in [1.165, 1.54) is 12.1 Å². The highest BCUT2D eigenvalue weighted by molar-refractivity contribution is 5.90. The minimum absolute atomic E-state index is 0.186. The van der Waals surface area contributed by atoms with Crippen LogP contribution in [0.4, 0.5) is 4.39 Å². The molecule has 0 aliphatic heterocycles. The first-order valence-corrected chi connectivity index (χ1v) is 6.30. The van der Waals surface area contributed by atoms with Crippen molar-refractivity contribution in [2.24, 2.45) is 5.92 Å². The smallest absolute Gasteiger partial charge is 0.328 e. The zero-order valence-corrected chi connectivity index (χ0v) is 11.4. The van der Waals surface area contributed by atoms with Crippen molar-refractivity contribution in [2.75, 3.05) is 6.61 Å². The molecular formula is C15H19FO3. The third-order valence-electron chi connectivity index (χ3n) is 2.53. The number of carboxylic acid groups (broad SMARTS) is 1. The summed E-state index contributed by atoms with van der Waals surface area (Å²) in [6.45, 7) is 6.14. The van der Waals surface area contributed by atoms with Crippen molar-refractivity contribution in [3.05, 3.63) is 35.7 Å². The molecule has 0 saturated heterocycles. The average molecular weight is 266 g/mol. The summed E-state index contributed by atoms with van der Waals surface area (Å²) in [6, 6.07) is 4.54. The molecule has 0 unspecified atom stereocenters. The minimum Gasteiger partial charge on any atom is -0.491 e. The van der Waals surface area contributed by atoms with Gasteiger partial charge in [-0.25, -0.2) is 9.18 Å². The summed E-state index contributed by atoms with van der Waals surface area (Å²) in [5, 5.41) is 8.87. The largest absolute Gasteiger partial charge is 0.491 e. The van der Waals surface area contributed by atoms with E-state index in [-0.39, 0.29) is 5.75 Å². The third kappa shape index (κ3) is 4.73. The van der Waals surface area contributed by atoms with Gasteiger partial charge in [0.15, 0.2) is 11.6 Å². The molecule has 1 aromatic rings. The van der Waals surface area contributed by atoms with Crippen LogP contribution >= 0.6 is 0 Å². The van der Waals surface area contributed by atoms with E-state index in [1.807, 2.05) is 13.8 Å². The first kappa shape index (κ1) is 15.2. The molecule has 0 aliphatic rings. The minimum atomic E-state index is -1.02. The predicted molar refractivity (Wildman–Crippen MR) is 72.6 cm³/mol. The van der Waals surface area contributed by atoms with Crippen molar-refractivity contribution in [1.82, 2.24) is 0 Å². The molecule has 0 aromatic heterocycles.